The van der Waals surface area contributed by atoms with Crippen LogP contribution in [0.15, 0.2) is 0 Å². The van der Waals surface area contributed by atoms with Crippen molar-refractivity contribution in [3.8, 4) is 0 Å². The van der Waals surface area contributed by atoms with Gasteiger partial charge in [-0.25, -0.2) is 4.39 Å². The van der Waals surface area contributed by atoms with Gasteiger partial charge in [0.1, 0.15) is 6.17 Å². The summed E-state index contributed by atoms with van der Waals surface area (Å²) >= 11 is 0. The van der Waals surface area contributed by atoms with Gasteiger partial charge in [0.15, 0.2) is 0 Å². The maximum atomic E-state index is 12.9. The van der Waals surface area contributed by atoms with Crippen LogP contribution in [0.2, 0.25) is 0 Å². The Balaban J connectivity index is 0.000000221. The number of nitrogens with one attached hydrogen (secondary N) is 2. The minimum Gasteiger partial charge on any atom is -0.359 e. The van der Waals surface area contributed by atoms with E-state index in [-0.39, 0.29) is 5.91 Å². The number of carbonyl (C=O) groups excluding carboxylic acids is 1. The lowest BCUT2D eigenvalue weighted by Gasteiger charge is -2.33. The number of hydrogen-bond acceptors (Lipinski definition) is 2. The first-order valence-electron chi connectivity index (χ1n) is 6.11. The van der Waals surface area contributed by atoms with E-state index in [0.29, 0.717) is 5.41 Å². The van der Waals surface area contributed by atoms with E-state index in [4.69, 9.17) is 0 Å². The van der Waals surface area contributed by atoms with Crippen molar-refractivity contribution in [2.45, 2.75) is 45.2 Å². The highest BCUT2D eigenvalue weighted by Crippen LogP contribution is 2.45. The maximum absolute atomic E-state index is 12.9. The second kappa shape index (κ2) is 6.18. The summed E-state index contributed by atoms with van der Waals surface area (Å²) in [6, 6.07) is 0. The van der Waals surface area contributed by atoms with Crippen LogP contribution in [0.1, 0.15) is 39.0 Å². The van der Waals surface area contributed by atoms with Gasteiger partial charge in [-0.3, -0.25) is 4.79 Å². The third-order valence-electron chi connectivity index (χ3n) is 3.66. The van der Waals surface area contributed by atoms with E-state index < -0.39 is 6.17 Å². The van der Waals surface area contributed by atoms with Gasteiger partial charge in [-0.1, -0.05) is 0 Å². The molecule has 1 heterocycles. The second-order valence-corrected chi connectivity index (χ2v) is 4.90. The van der Waals surface area contributed by atoms with Crippen LogP contribution < -0.4 is 10.6 Å². The largest absolute Gasteiger partial charge is 0.359 e. The van der Waals surface area contributed by atoms with Gasteiger partial charge in [-0.15, -0.1) is 0 Å². The summed E-state index contributed by atoms with van der Waals surface area (Å²) in [6.07, 6.45) is 4.71. The number of carbonyl (C=O) groups is 1. The van der Waals surface area contributed by atoms with E-state index in [9.17, 15) is 9.18 Å². The lowest BCUT2D eigenvalue weighted by molar-refractivity contribution is -0.118. The van der Waals surface area contributed by atoms with E-state index in [0.717, 1.165) is 32.4 Å². The van der Waals surface area contributed by atoms with Crippen LogP contribution in [0.3, 0.4) is 0 Å². The average Bonchev–Trinajstić information content (AvgIpc) is 2.62. The van der Waals surface area contributed by atoms with Crippen LogP contribution in [0.25, 0.3) is 0 Å². The average molecular weight is 230 g/mol. The molecule has 3 nitrogen and oxygen atoms in total. The molecule has 16 heavy (non-hydrogen) atoms. The fraction of sp³-hybridized carbons (Fsp3) is 0.917. The molecule has 1 atom stereocenters. The second-order valence-electron chi connectivity index (χ2n) is 4.90. The van der Waals surface area contributed by atoms with E-state index in [1.165, 1.54) is 19.8 Å². The molecule has 0 aromatic heterocycles. The molecule has 94 valence electrons. The highest BCUT2D eigenvalue weighted by atomic mass is 19.1. The first kappa shape index (κ1) is 13.4. The first-order valence-corrected chi connectivity index (χ1v) is 6.11. The SMILES string of the molecule is CNC(C)=O.FC1CCC2(CCNCC2)C1. The van der Waals surface area contributed by atoms with Gasteiger partial charge in [0, 0.05) is 14.0 Å². The Kier molecular flexibility index (Phi) is 5.19. The van der Waals surface area contributed by atoms with Crippen LogP contribution >= 0.6 is 0 Å². The molecule has 2 rings (SSSR count). The molecule has 0 bridgehead atoms. The Morgan fingerprint density at radius 1 is 1.38 bits per heavy atom. The molecule has 1 spiro atoms. The van der Waals surface area contributed by atoms with Crippen molar-refractivity contribution in [3.63, 3.8) is 0 Å². The molecule has 0 aromatic rings. The van der Waals surface area contributed by atoms with E-state index in [1.54, 1.807) is 7.05 Å². The normalized spacial score (nSPS) is 27.1. The van der Waals surface area contributed by atoms with Gasteiger partial charge in [-0.05, 0) is 50.6 Å². The molecular weight excluding hydrogens is 207 g/mol. The zero-order valence-electron chi connectivity index (χ0n) is 10.3. The molecule has 0 aromatic carbocycles. The summed E-state index contributed by atoms with van der Waals surface area (Å²) in [4.78, 5) is 9.70. The highest BCUT2D eigenvalue weighted by Gasteiger charge is 2.39. The molecule has 1 saturated carbocycles. The van der Waals surface area contributed by atoms with E-state index >= 15 is 0 Å². The summed E-state index contributed by atoms with van der Waals surface area (Å²) < 4.78 is 12.9. The number of halogens is 1. The predicted molar refractivity (Wildman–Crippen MR) is 63.0 cm³/mol. The predicted octanol–water partition coefficient (Wildman–Crippen LogP) is 1.63. The molecule has 2 N–H and O–H groups in total. The zero-order valence-corrected chi connectivity index (χ0v) is 10.3. The third-order valence-corrected chi connectivity index (χ3v) is 3.66. The van der Waals surface area contributed by atoms with Gasteiger partial charge in [-0.2, -0.15) is 0 Å². The molecule has 1 amide bonds. The molecule has 2 aliphatic rings. The summed E-state index contributed by atoms with van der Waals surface area (Å²) in [7, 11) is 1.60. The van der Waals surface area contributed by atoms with Gasteiger partial charge >= 0.3 is 0 Å². The van der Waals surface area contributed by atoms with Crippen molar-refractivity contribution < 1.29 is 9.18 Å². The molecule has 0 radical (unpaired) electrons. The topological polar surface area (TPSA) is 41.1 Å². The van der Waals surface area contributed by atoms with Crippen LogP contribution in [-0.4, -0.2) is 32.2 Å². The number of amides is 1. The lowest BCUT2D eigenvalue weighted by atomic mass is 9.78. The van der Waals surface area contributed by atoms with Gasteiger partial charge in [0.25, 0.3) is 0 Å². The van der Waals surface area contributed by atoms with Gasteiger partial charge in [0.2, 0.25) is 5.91 Å². The van der Waals surface area contributed by atoms with Crippen LogP contribution in [0.5, 0.6) is 0 Å². The zero-order chi connectivity index (χ0) is 12.0. The van der Waals surface area contributed by atoms with Crippen molar-refractivity contribution in [1.82, 2.24) is 10.6 Å². The Hall–Kier alpha value is -0.640. The minimum absolute atomic E-state index is 0.00463. The first-order chi connectivity index (χ1) is 7.58. The van der Waals surface area contributed by atoms with E-state index in [1.807, 2.05) is 0 Å². The van der Waals surface area contributed by atoms with E-state index in [2.05, 4.69) is 10.6 Å². The number of hydrogen-bond donors (Lipinski definition) is 2. The monoisotopic (exact) mass is 230 g/mol. The Morgan fingerprint density at radius 2 is 1.94 bits per heavy atom. The van der Waals surface area contributed by atoms with Crippen molar-refractivity contribution in [3.05, 3.63) is 0 Å². The molecule has 4 heteroatoms. The fourth-order valence-electron chi connectivity index (χ4n) is 2.55. The molecular formula is C12H23FN2O. The van der Waals surface area contributed by atoms with Crippen molar-refractivity contribution in [1.29, 1.82) is 0 Å². The van der Waals surface area contributed by atoms with Crippen LogP contribution in [-0.2, 0) is 4.79 Å². The van der Waals surface area contributed by atoms with Crippen LogP contribution in [0.4, 0.5) is 4.39 Å². The Morgan fingerprint density at radius 3 is 2.31 bits per heavy atom. The Labute approximate surface area is 97.2 Å². The third kappa shape index (κ3) is 4.08. The molecule has 2 fully saturated rings. The number of rotatable bonds is 0. The van der Waals surface area contributed by atoms with Crippen molar-refractivity contribution in [2.75, 3.05) is 20.1 Å². The summed E-state index contributed by atoms with van der Waals surface area (Å²) in [5, 5.41) is 5.72. The maximum Gasteiger partial charge on any atom is 0.216 e. The van der Waals surface area contributed by atoms with Gasteiger partial charge < -0.3 is 10.6 Å². The lowest BCUT2D eigenvalue weighted by Crippen LogP contribution is -2.35. The molecule has 1 unspecified atom stereocenters. The van der Waals surface area contributed by atoms with Crippen LogP contribution in [0, 0.1) is 5.41 Å². The van der Waals surface area contributed by atoms with Crippen molar-refractivity contribution >= 4 is 5.91 Å². The Bertz CT molecular complexity index is 222. The summed E-state index contributed by atoms with van der Waals surface area (Å²) in [5.41, 5.74) is 0.407. The highest BCUT2D eigenvalue weighted by molar-refractivity contribution is 5.72. The number of piperidine rings is 1. The number of alkyl halides is 1. The summed E-state index contributed by atoms with van der Waals surface area (Å²) in [6.45, 7) is 3.68. The smallest absolute Gasteiger partial charge is 0.216 e. The quantitative estimate of drug-likeness (QED) is 0.664. The molecule has 1 aliphatic heterocycles. The molecule has 1 saturated heterocycles. The summed E-state index contributed by atoms with van der Waals surface area (Å²) in [5.74, 6) is 0.00463. The van der Waals surface area contributed by atoms with Crippen molar-refractivity contribution in [2.24, 2.45) is 5.41 Å². The minimum atomic E-state index is -0.493. The van der Waals surface area contributed by atoms with Gasteiger partial charge in [0.05, 0.1) is 0 Å². The standard InChI is InChI=1S/C9H16FN.C3H7NO/c10-8-1-2-9(7-8)3-5-11-6-4-9;1-3(5)4-2/h8,11H,1-7H2;1-2H3,(H,4,5). The fourth-order valence-corrected chi connectivity index (χ4v) is 2.55. The molecule has 1 aliphatic carbocycles.